The van der Waals surface area contributed by atoms with E-state index in [9.17, 15) is 0 Å². The first-order valence-corrected chi connectivity index (χ1v) is 6.09. The number of nitrogens with zero attached hydrogens (tertiary/aromatic N) is 2. The van der Waals surface area contributed by atoms with Crippen LogP contribution in [0.4, 0.5) is 0 Å². The molecule has 19 heavy (non-hydrogen) atoms. The number of aryl methyl sites for hydroxylation is 1. The summed E-state index contributed by atoms with van der Waals surface area (Å²) in [6, 6.07) is 5.61. The Labute approximate surface area is 113 Å². The van der Waals surface area contributed by atoms with Crippen LogP contribution in [0.5, 0.6) is 11.5 Å². The van der Waals surface area contributed by atoms with Crippen molar-refractivity contribution in [1.82, 2.24) is 9.55 Å². The summed E-state index contributed by atoms with van der Waals surface area (Å²) in [7, 11) is 5.20. The monoisotopic (exact) mass is 261 g/mol. The fourth-order valence-corrected chi connectivity index (χ4v) is 1.99. The van der Waals surface area contributed by atoms with Gasteiger partial charge in [0.25, 0.3) is 0 Å². The van der Waals surface area contributed by atoms with Gasteiger partial charge in [-0.05, 0) is 17.7 Å². The fourth-order valence-electron chi connectivity index (χ4n) is 1.99. The molecule has 102 valence electrons. The number of ether oxygens (including phenoxy) is 2. The Kier molecular flexibility index (Phi) is 4.06. The van der Waals surface area contributed by atoms with Gasteiger partial charge in [-0.2, -0.15) is 0 Å². The fraction of sp³-hybridized carbons (Fsp3) is 0.357. The zero-order valence-corrected chi connectivity index (χ0v) is 11.5. The lowest BCUT2D eigenvalue weighted by atomic mass is 10.0. The van der Waals surface area contributed by atoms with E-state index in [0.29, 0.717) is 17.9 Å². The molecule has 0 radical (unpaired) electrons. The Hall–Kier alpha value is -2.01. The lowest BCUT2D eigenvalue weighted by molar-refractivity contribution is 0.354. The molecule has 1 aromatic heterocycles. The molecule has 0 saturated carbocycles. The Morgan fingerprint density at radius 3 is 2.58 bits per heavy atom. The highest BCUT2D eigenvalue weighted by molar-refractivity contribution is 5.43. The summed E-state index contributed by atoms with van der Waals surface area (Å²) in [5, 5.41) is 0. The predicted molar refractivity (Wildman–Crippen MR) is 73.4 cm³/mol. The third-order valence-corrected chi connectivity index (χ3v) is 3.16. The molecule has 0 amide bonds. The van der Waals surface area contributed by atoms with Crippen LogP contribution in [-0.4, -0.2) is 23.8 Å². The predicted octanol–water partition coefficient (Wildman–Crippen LogP) is 1.68. The maximum absolute atomic E-state index is 6.22. The molecule has 0 bridgehead atoms. The normalized spacial score (nSPS) is 12.2. The molecule has 5 heteroatoms. The van der Waals surface area contributed by atoms with Crippen molar-refractivity contribution in [2.75, 3.05) is 14.2 Å². The highest BCUT2D eigenvalue weighted by Gasteiger charge is 2.13. The summed E-state index contributed by atoms with van der Waals surface area (Å²) in [6.07, 6.45) is 4.37. The molecule has 0 spiro atoms. The largest absolute Gasteiger partial charge is 0.493 e. The number of benzene rings is 1. The molecule has 1 aromatic carbocycles. The van der Waals surface area contributed by atoms with Gasteiger partial charge in [-0.15, -0.1) is 0 Å². The number of hydrogen-bond acceptors (Lipinski definition) is 4. The second-order valence-electron chi connectivity index (χ2n) is 4.38. The molecule has 0 fully saturated rings. The minimum absolute atomic E-state index is 0.124. The second kappa shape index (κ2) is 5.75. The van der Waals surface area contributed by atoms with Crippen molar-refractivity contribution in [3.63, 3.8) is 0 Å². The molecule has 5 nitrogen and oxygen atoms in total. The molecule has 0 aliphatic heterocycles. The number of aromatic nitrogens is 2. The second-order valence-corrected chi connectivity index (χ2v) is 4.38. The molecule has 0 saturated heterocycles. The lowest BCUT2D eigenvalue weighted by Crippen LogP contribution is -2.15. The first-order valence-electron chi connectivity index (χ1n) is 6.09. The number of hydrogen-bond donors (Lipinski definition) is 1. The Balaban J connectivity index is 2.19. The van der Waals surface area contributed by atoms with Gasteiger partial charge in [-0.1, -0.05) is 6.07 Å². The van der Waals surface area contributed by atoms with Crippen LogP contribution in [0.25, 0.3) is 0 Å². The zero-order chi connectivity index (χ0) is 13.8. The van der Waals surface area contributed by atoms with Gasteiger partial charge in [0, 0.05) is 31.9 Å². The third-order valence-electron chi connectivity index (χ3n) is 3.16. The van der Waals surface area contributed by atoms with E-state index >= 15 is 0 Å². The maximum atomic E-state index is 6.22. The van der Waals surface area contributed by atoms with Gasteiger partial charge in [0.2, 0.25) is 0 Å². The quantitative estimate of drug-likeness (QED) is 0.889. The zero-order valence-electron chi connectivity index (χ0n) is 11.5. The van der Waals surface area contributed by atoms with Crippen molar-refractivity contribution in [3.8, 4) is 11.5 Å². The van der Waals surface area contributed by atoms with Crippen LogP contribution in [0.3, 0.4) is 0 Å². The topological polar surface area (TPSA) is 62.3 Å². The van der Waals surface area contributed by atoms with Crippen LogP contribution in [0.15, 0.2) is 30.6 Å². The average Bonchev–Trinajstić information content (AvgIpc) is 2.83. The van der Waals surface area contributed by atoms with Gasteiger partial charge in [0.05, 0.1) is 14.2 Å². The minimum Gasteiger partial charge on any atom is -0.493 e. The Morgan fingerprint density at radius 2 is 2.00 bits per heavy atom. The standard InChI is InChI=1S/C14H19N3O2/c1-17-7-6-16-14(17)9-11(15)10-4-5-12(18-2)13(8-10)19-3/h4-8,11H,9,15H2,1-3H3. The smallest absolute Gasteiger partial charge is 0.161 e. The molecule has 1 unspecified atom stereocenters. The van der Waals surface area contributed by atoms with Crippen molar-refractivity contribution >= 4 is 0 Å². The van der Waals surface area contributed by atoms with E-state index in [4.69, 9.17) is 15.2 Å². The molecule has 1 heterocycles. The van der Waals surface area contributed by atoms with Crippen LogP contribution in [0, 0.1) is 0 Å². The summed E-state index contributed by atoms with van der Waals surface area (Å²) in [6.45, 7) is 0. The van der Waals surface area contributed by atoms with Crippen molar-refractivity contribution in [2.45, 2.75) is 12.5 Å². The van der Waals surface area contributed by atoms with Gasteiger partial charge < -0.3 is 19.8 Å². The van der Waals surface area contributed by atoms with Crippen LogP contribution in [0.2, 0.25) is 0 Å². The highest BCUT2D eigenvalue weighted by atomic mass is 16.5. The average molecular weight is 261 g/mol. The Morgan fingerprint density at radius 1 is 1.26 bits per heavy atom. The number of methoxy groups -OCH3 is 2. The van der Waals surface area contributed by atoms with Crippen molar-refractivity contribution in [2.24, 2.45) is 12.8 Å². The van der Waals surface area contributed by atoms with E-state index in [2.05, 4.69) is 4.98 Å². The van der Waals surface area contributed by atoms with Crippen LogP contribution in [-0.2, 0) is 13.5 Å². The van der Waals surface area contributed by atoms with Crippen molar-refractivity contribution in [1.29, 1.82) is 0 Å². The van der Waals surface area contributed by atoms with Gasteiger partial charge >= 0.3 is 0 Å². The van der Waals surface area contributed by atoms with Crippen molar-refractivity contribution in [3.05, 3.63) is 42.0 Å². The van der Waals surface area contributed by atoms with E-state index < -0.39 is 0 Å². The molecule has 1 atom stereocenters. The van der Waals surface area contributed by atoms with E-state index in [1.54, 1.807) is 20.4 Å². The van der Waals surface area contributed by atoms with Crippen LogP contribution >= 0.6 is 0 Å². The number of rotatable bonds is 5. The Bertz CT molecular complexity index is 551. The third kappa shape index (κ3) is 2.88. The molecule has 2 N–H and O–H groups in total. The molecule has 2 rings (SSSR count). The first-order chi connectivity index (χ1) is 9.15. The molecular formula is C14H19N3O2. The van der Waals surface area contributed by atoms with Gasteiger partial charge in [0.1, 0.15) is 5.82 Å². The molecule has 0 aliphatic carbocycles. The summed E-state index contributed by atoms with van der Waals surface area (Å²) in [4.78, 5) is 4.28. The van der Waals surface area contributed by atoms with Gasteiger partial charge in [-0.25, -0.2) is 4.98 Å². The van der Waals surface area contributed by atoms with Crippen LogP contribution < -0.4 is 15.2 Å². The van der Waals surface area contributed by atoms with Crippen molar-refractivity contribution < 1.29 is 9.47 Å². The summed E-state index contributed by atoms with van der Waals surface area (Å²) in [5.41, 5.74) is 7.22. The molecule has 2 aromatic rings. The molecule has 0 aliphatic rings. The first kappa shape index (κ1) is 13.4. The SMILES string of the molecule is COc1ccc(C(N)Cc2nccn2C)cc1OC. The highest BCUT2D eigenvalue weighted by Crippen LogP contribution is 2.30. The van der Waals surface area contributed by atoms with E-state index in [1.165, 1.54) is 0 Å². The van der Waals surface area contributed by atoms with E-state index in [-0.39, 0.29) is 6.04 Å². The van der Waals surface area contributed by atoms with E-state index in [1.807, 2.05) is 36.0 Å². The van der Waals surface area contributed by atoms with Gasteiger partial charge in [-0.3, -0.25) is 0 Å². The number of nitrogens with two attached hydrogens (primary N) is 1. The minimum atomic E-state index is -0.124. The number of imidazole rings is 1. The summed E-state index contributed by atoms with van der Waals surface area (Å²) >= 11 is 0. The van der Waals surface area contributed by atoms with Gasteiger partial charge in [0.15, 0.2) is 11.5 Å². The maximum Gasteiger partial charge on any atom is 0.161 e. The van der Waals surface area contributed by atoms with E-state index in [0.717, 1.165) is 11.4 Å². The lowest BCUT2D eigenvalue weighted by Gasteiger charge is -2.14. The summed E-state index contributed by atoms with van der Waals surface area (Å²) in [5.74, 6) is 2.35. The molecular weight excluding hydrogens is 242 g/mol. The summed E-state index contributed by atoms with van der Waals surface area (Å²) < 4.78 is 12.5. The van der Waals surface area contributed by atoms with Crippen LogP contribution in [0.1, 0.15) is 17.4 Å².